The topological polar surface area (TPSA) is 108 Å². The predicted octanol–water partition coefficient (Wildman–Crippen LogP) is 3.35. The van der Waals surface area contributed by atoms with Gasteiger partial charge in [0, 0.05) is 24.1 Å². The zero-order valence-electron chi connectivity index (χ0n) is 18.4. The third kappa shape index (κ3) is 2.92. The van der Waals surface area contributed by atoms with Crippen LogP contribution >= 0.6 is 0 Å². The number of nitrogens with one attached hydrogen (secondary N) is 1. The predicted molar refractivity (Wildman–Crippen MR) is 121 cm³/mol. The lowest BCUT2D eigenvalue weighted by Crippen LogP contribution is -2.49. The number of Topliss-reactive ketones (excluding diaryl/α,β-unsaturated/α-hetero) is 1. The summed E-state index contributed by atoms with van der Waals surface area (Å²) in [6.07, 6.45) is 0.584. The SMILES string of the molecule is CCOC(=O)C1=C(N)OC2=C(C(=O)C[C@@H](c3ccccc3C)C2)[C@]12C(=O)Nc1ccccc12. The number of carbonyl (C=O) groups is 3. The molecule has 0 fully saturated rings. The molecule has 1 spiro atoms. The van der Waals surface area contributed by atoms with Gasteiger partial charge >= 0.3 is 5.97 Å². The van der Waals surface area contributed by atoms with E-state index in [2.05, 4.69) is 5.32 Å². The first kappa shape index (κ1) is 21.0. The Morgan fingerprint density at radius 1 is 1.15 bits per heavy atom. The molecule has 7 heteroatoms. The summed E-state index contributed by atoms with van der Waals surface area (Å²) in [6.45, 7) is 3.75. The summed E-state index contributed by atoms with van der Waals surface area (Å²) in [5.41, 5.74) is 7.76. The molecule has 3 N–H and O–H groups in total. The highest BCUT2D eigenvalue weighted by Crippen LogP contribution is 2.55. The van der Waals surface area contributed by atoms with E-state index in [0.717, 1.165) is 11.1 Å². The van der Waals surface area contributed by atoms with Crippen LogP contribution in [-0.2, 0) is 29.3 Å². The minimum atomic E-state index is -1.70. The van der Waals surface area contributed by atoms with Crippen molar-refractivity contribution in [2.45, 2.75) is 38.0 Å². The molecule has 168 valence electrons. The molecule has 0 radical (unpaired) electrons. The number of carbonyl (C=O) groups excluding carboxylic acids is 3. The quantitative estimate of drug-likeness (QED) is 0.703. The summed E-state index contributed by atoms with van der Waals surface area (Å²) >= 11 is 0. The fourth-order valence-corrected chi connectivity index (χ4v) is 5.36. The van der Waals surface area contributed by atoms with E-state index in [4.69, 9.17) is 15.2 Å². The van der Waals surface area contributed by atoms with Crippen molar-refractivity contribution in [2.24, 2.45) is 5.73 Å². The van der Waals surface area contributed by atoms with Gasteiger partial charge in [0.05, 0.1) is 12.2 Å². The van der Waals surface area contributed by atoms with Gasteiger partial charge in [-0.3, -0.25) is 9.59 Å². The largest absolute Gasteiger partial charge is 0.462 e. The van der Waals surface area contributed by atoms with Gasteiger partial charge in [-0.05, 0) is 37.0 Å². The minimum absolute atomic E-state index is 0.0875. The van der Waals surface area contributed by atoms with E-state index in [0.29, 0.717) is 23.4 Å². The third-order valence-corrected chi connectivity index (χ3v) is 6.68. The molecule has 0 aromatic heterocycles. The molecular weight excluding hydrogens is 420 g/mol. The van der Waals surface area contributed by atoms with Gasteiger partial charge in [-0.15, -0.1) is 0 Å². The van der Waals surface area contributed by atoms with Crippen LogP contribution in [-0.4, -0.2) is 24.3 Å². The first-order chi connectivity index (χ1) is 15.9. The summed E-state index contributed by atoms with van der Waals surface area (Å²) in [4.78, 5) is 40.5. The lowest BCUT2D eigenvalue weighted by atomic mass is 9.63. The van der Waals surface area contributed by atoms with E-state index in [1.54, 1.807) is 31.2 Å². The number of anilines is 1. The number of nitrogens with two attached hydrogens (primary N) is 1. The third-order valence-electron chi connectivity index (χ3n) is 6.68. The molecule has 2 heterocycles. The second-order valence-electron chi connectivity index (χ2n) is 8.49. The molecule has 0 saturated carbocycles. The van der Waals surface area contributed by atoms with Crippen LogP contribution < -0.4 is 11.1 Å². The number of allylic oxidation sites excluding steroid dienone is 1. The molecule has 5 rings (SSSR count). The number of aryl methyl sites for hydroxylation is 1. The highest BCUT2D eigenvalue weighted by atomic mass is 16.5. The maximum Gasteiger partial charge on any atom is 0.341 e. The smallest absolute Gasteiger partial charge is 0.341 e. The van der Waals surface area contributed by atoms with Gasteiger partial charge in [-0.1, -0.05) is 42.5 Å². The van der Waals surface area contributed by atoms with E-state index in [1.165, 1.54) is 0 Å². The van der Waals surface area contributed by atoms with Crippen LogP contribution in [0.1, 0.15) is 42.4 Å². The van der Waals surface area contributed by atoms with E-state index >= 15 is 0 Å². The molecule has 33 heavy (non-hydrogen) atoms. The van der Waals surface area contributed by atoms with Gasteiger partial charge in [0.15, 0.2) is 5.78 Å². The number of ether oxygens (including phenoxy) is 2. The number of benzene rings is 2. The molecule has 1 amide bonds. The van der Waals surface area contributed by atoms with Gasteiger partial charge in [0.1, 0.15) is 16.7 Å². The van der Waals surface area contributed by atoms with Crippen LogP contribution in [0.2, 0.25) is 0 Å². The van der Waals surface area contributed by atoms with Gasteiger partial charge in [0.2, 0.25) is 11.8 Å². The Hall–Kier alpha value is -3.87. The number of rotatable bonds is 3. The summed E-state index contributed by atoms with van der Waals surface area (Å²) in [6, 6.07) is 14.9. The fraction of sp³-hybridized carbons (Fsp3) is 0.269. The monoisotopic (exact) mass is 444 g/mol. The zero-order chi connectivity index (χ0) is 23.3. The van der Waals surface area contributed by atoms with Crippen molar-refractivity contribution in [1.82, 2.24) is 0 Å². The summed E-state index contributed by atoms with van der Waals surface area (Å²) in [5, 5.41) is 2.83. The molecule has 2 aromatic carbocycles. The molecule has 2 atom stereocenters. The number of hydrogen-bond acceptors (Lipinski definition) is 6. The summed E-state index contributed by atoms with van der Waals surface area (Å²) < 4.78 is 11.2. The zero-order valence-corrected chi connectivity index (χ0v) is 18.4. The molecule has 1 aliphatic carbocycles. The Labute approximate surface area is 191 Å². The first-order valence-electron chi connectivity index (χ1n) is 11.0. The van der Waals surface area contributed by atoms with Crippen LogP contribution in [0.15, 0.2) is 71.3 Å². The van der Waals surface area contributed by atoms with Crippen LogP contribution in [0.25, 0.3) is 0 Å². The minimum Gasteiger partial charge on any atom is -0.462 e. The Balaban J connectivity index is 1.73. The average Bonchev–Trinajstić information content (AvgIpc) is 3.06. The second kappa shape index (κ2) is 7.62. The molecule has 0 saturated heterocycles. The van der Waals surface area contributed by atoms with Crippen molar-refractivity contribution < 1.29 is 23.9 Å². The Kier molecular flexibility index (Phi) is 4.85. The molecule has 2 aromatic rings. The summed E-state index contributed by atoms with van der Waals surface area (Å²) in [5.74, 6) is -1.53. The van der Waals surface area contributed by atoms with Crippen LogP contribution in [0.3, 0.4) is 0 Å². The van der Waals surface area contributed by atoms with Gasteiger partial charge in [0.25, 0.3) is 0 Å². The van der Waals surface area contributed by atoms with Crippen molar-refractivity contribution in [3.05, 3.63) is 88.0 Å². The molecule has 3 aliphatic rings. The maximum absolute atomic E-state index is 13.7. The van der Waals surface area contributed by atoms with Crippen molar-refractivity contribution in [1.29, 1.82) is 0 Å². The van der Waals surface area contributed by atoms with Crippen LogP contribution in [0.4, 0.5) is 5.69 Å². The first-order valence-corrected chi connectivity index (χ1v) is 11.0. The lowest BCUT2D eigenvalue weighted by Gasteiger charge is -2.40. The van der Waals surface area contributed by atoms with Crippen molar-refractivity contribution in [3.63, 3.8) is 0 Å². The second-order valence-corrected chi connectivity index (χ2v) is 8.49. The number of ketones is 1. The highest BCUT2D eigenvalue weighted by Gasteiger charge is 2.62. The highest BCUT2D eigenvalue weighted by molar-refractivity contribution is 6.22. The average molecular weight is 444 g/mol. The van der Waals surface area contributed by atoms with Gasteiger partial charge < -0.3 is 20.5 Å². The summed E-state index contributed by atoms with van der Waals surface area (Å²) in [7, 11) is 0. The number of amides is 1. The maximum atomic E-state index is 13.7. The number of hydrogen-bond donors (Lipinski definition) is 2. The number of esters is 1. The lowest BCUT2D eigenvalue weighted by molar-refractivity contribution is -0.141. The number of fused-ring (bicyclic) bond motifs is 3. The van der Waals surface area contributed by atoms with Crippen molar-refractivity contribution >= 4 is 23.3 Å². The standard InChI is InChI=1S/C26H24N2O5/c1-3-32-24(30)22-23(27)33-20-13-15(16-9-5-4-8-14(16)2)12-19(29)21(20)26(22)17-10-6-7-11-18(17)28-25(26)31/h4-11,15H,3,12-13,27H2,1-2H3,(H,28,31)/t15-,26+/m1/s1. The van der Waals surface area contributed by atoms with E-state index in [9.17, 15) is 14.4 Å². The fourth-order valence-electron chi connectivity index (χ4n) is 5.36. The van der Waals surface area contributed by atoms with Gasteiger partial charge in [-0.25, -0.2) is 4.79 Å². The van der Waals surface area contributed by atoms with E-state index < -0.39 is 17.3 Å². The molecule has 0 unspecified atom stereocenters. The van der Waals surface area contributed by atoms with Crippen LogP contribution in [0.5, 0.6) is 0 Å². The van der Waals surface area contributed by atoms with Crippen LogP contribution in [0, 0.1) is 6.92 Å². The Morgan fingerprint density at radius 2 is 1.88 bits per heavy atom. The van der Waals surface area contributed by atoms with Crippen molar-refractivity contribution in [3.8, 4) is 0 Å². The van der Waals surface area contributed by atoms with Crippen molar-refractivity contribution in [2.75, 3.05) is 11.9 Å². The molecule has 0 bridgehead atoms. The Bertz CT molecular complexity index is 1270. The molecular formula is C26H24N2O5. The molecule has 2 aliphatic heterocycles. The molecule has 7 nitrogen and oxygen atoms in total. The number of para-hydroxylation sites is 1. The van der Waals surface area contributed by atoms with Gasteiger partial charge in [-0.2, -0.15) is 0 Å². The normalized spacial score (nSPS) is 23.8. The van der Waals surface area contributed by atoms with E-state index in [-0.39, 0.29) is 41.8 Å². The van der Waals surface area contributed by atoms with E-state index in [1.807, 2.05) is 31.2 Å². The Morgan fingerprint density at radius 3 is 2.64 bits per heavy atom.